The van der Waals surface area contributed by atoms with Crippen LogP contribution in [0.25, 0.3) is 0 Å². The molecule has 0 amide bonds. The fourth-order valence-electron chi connectivity index (χ4n) is 2.19. The Morgan fingerprint density at radius 3 is 2.53 bits per heavy atom. The van der Waals surface area contributed by atoms with Gasteiger partial charge >= 0.3 is 0 Å². The van der Waals surface area contributed by atoms with Crippen LogP contribution in [0.1, 0.15) is 58.2 Å². The molecule has 0 saturated carbocycles. The number of nitrogens with zero attached hydrogens (tertiary/aromatic N) is 1. The van der Waals surface area contributed by atoms with Crippen LogP contribution in [-0.2, 0) is 6.42 Å². The fraction of sp³-hybridized carbons (Fsp3) is 0.667. The summed E-state index contributed by atoms with van der Waals surface area (Å²) in [6, 6.07) is 2.57. The maximum absolute atomic E-state index is 4.23. The molecule has 17 heavy (non-hydrogen) atoms. The number of pyridine rings is 1. The van der Waals surface area contributed by atoms with Crippen molar-refractivity contribution < 1.29 is 0 Å². The number of hydrogen-bond donors (Lipinski definition) is 1. The number of aryl methyl sites for hydroxylation is 1. The summed E-state index contributed by atoms with van der Waals surface area (Å²) in [5.74, 6) is 0. The second-order valence-corrected chi connectivity index (χ2v) is 5.68. The van der Waals surface area contributed by atoms with E-state index in [9.17, 15) is 0 Å². The second kappa shape index (κ2) is 6.15. The van der Waals surface area contributed by atoms with Gasteiger partial charge in [0.25, 0.3) is 0 Å². The molecule has 1 rings (SSSR count). The average molecular weight is 234 g/mol. The van der Waals surface area contributed by atoms with Gasteiger partial charge in [-0.2, -0.15) is 0 Å². The van der Waals surface area contributed by atoms with Gasteiger partial charge in [-0.3, -0.25) is 4.98 Å². The van der Waals surface area contributed by atoms with E-state index < -0.39 is 0 Å². The zero-order chi connectivity index (χ0) is 12.9. The fourth-order valence-corrected chi connectivity index (χ4v) is 2.19. The van der Waals surface area contributed by atoms with E-state index in [2.05, 4.69) is 51.0 Å². The van der Waals surface area contributed by atoms with E-state index in [1.165, 1.54) is 17.5 Å². The van der Waals surface area contributed by atoms with E-state index in [0.29, 0.717) is 6.04 Å². The van der Waals surface area contributed by atoms with Crippen LogP contribution in [0.2, 0.25) is 0 Å². The molecule has 1 atom stereocenters. The molecule has 0 spiro atoms. The minimum absolute atomic E-state index is 0.223. The van der Waals surface area contributed by atoms with Crippen LogP contribution in [0, 0.1) is 5.41 Å². The highest BCUT2D eigenvalue weighted by atomic mass is 14.9. The van der Waals surface area contributed by atoms with Crippen molar-refractivity contribution in [3.05, 3.63) is 29.6 Å². The van der Waals surface area contributed by atoms with Gasteiger partial charge in [-0.15, -0.1) is 0 Å². The molecule has 1 aromatic rings. The van der Waals surface area contributed by atoms with Gasteiger partial charge in [-0.05, 0) is 42.0 Å². The maximum Gasteiger partial charge on any atom is 0.0373 e. The third kappa shape index (κ3) is 3.81. The van der Waals surface area contributed by atoms with Crippen molar-refractivity contribution in [1.82, 2.24) is 10.3 Å². The monoisotopic (exact) mass is 234 g/mol. The lowest BCUT2D eigenvalue weighted by Gasteiger charge is -2.33. The van der Waals surface area contributed by atoms with E-state index in [-0.39, 0.29) is 5.41 Å². The van der Waals surface area contributed by atoms with Crippen LogP contribution >= 0.6 is 0 Å². The van der Waals surface area contributed by atoms with Gasteiger partial charge in [-0.25, -0.2) is 0 Å². The molecule has 0 bridgehead atoms. The molecule has 0 aliphatic rings. The number of rotatable bonds is 5. The lowest BCUT2D eigenvalue weighted by atomic mass is 9.80. The van der Waals surface area contributed by atoms with Crippen molar-refractivity contribution >= 4 is 0 Å². The second-order valence-electron chi connectivity index (χ2n) is 5.68. The smallest absolute Gasteiger partial charge is 0.0373 e. The van der Waals surface area contributed by atoms with Gasteiger partial charge in [-0.1, -0.05) is 34.6 Å². The highest BCUT2D eigenvalue weighted by Gasteiger charge is 2.26. The van der Waals surface area contributed by atoms with Crippen LogP contribution in [0.15, 0.2) is 18.5 Å². The van der Waals surface area contributed by atoms with E-state index in [0.717, 1.165) is 13.0 Å². The molecule has 1 N–H and O–H groups in total. The number of nitrogens with one attached hydrogen (secondary N) is 1. The van der Waals surface area contributed by atoms with Gasteiger partial charge in [0.2, 0.25) is 0 Å². The molecule has 2 heteroatoms. The van der Waals surface area contributed by atoms with Crippen molar-refractivity contribution in [3.8, 4) is 0 Å². The Balaban J connectivity index is 3.03. The minimum atomic E-state index is 0.223. The van der Waals surface area contributed by atoms with Crippen molar-refractivity contribution in [2.24, 2.45) is 5.41 Å². The summed E-state index contributed by atoms with van der Waals surface area (Å²) >= 11 is 0. The molecule has 0 aromatic carbocycles. The molecule has 0 radical (unpaired) electrons. The summed E-state index contributed by atoms with van der Waals surface area (Å²) in [6.07, 6.45) is 6.12. The summed E-state index contributed by atoms with van der Waals surface area (Å²) < 4.78 is 0. The van der Waals surface area contributed by atoms with Gasteiger partial charge in [0.1, 0.15) is 0 Å². The predicted molar refractivity (Wildman–Crippen MR) is 74.1 cm³/mol. The molecule has 0 aliphatic heterocycles. The zero-order valence-electron chi connectivity index (χ0n) is 11.9. The van der Waals surface area contributed by atoms with Gasteiger partial charge in [0.15, 0.2) is 0 Å². The lowest BCUT2D eigenvalue weighted by molar-refractivity contribution is 0.272. The SMILES string of the molecule is CCCNC(c1ccncc1CC)C(C)(C)C. The van der Waals surface area contributed by atoms with E-state index in [4.69, 9.17) is 0 Å². The first kappa shape index (κ1) is 14.2. The largest absolute Gasteiger partial charge is 0.309 e. The molecule has 2 nitrogen and oxygen atoms in total. The minimum Gasteiger partial charge on any atom is -0.309 e. The van der Waals surface area contributed by atoms with Crippen molar-refractivity contribution in [2.75, 3.05) is 6.54 Å². The Morgan fingerprint density at radius 1 is 1.29 bits per heavy atom. The summed E-state index contributed by atoms with van der Waals surface area (Å²) in [7, 11) is 0. The highest BCUT2D eigenvalue weighted by molar-refractivity contribution is 5.28. The van der Waals surface area contributed by atoms with Crippen LogP contribution in [0.3, 0.4) is 0 Å². The Bertz CT molecular complexity index is 339. The van der Waals surface area contributed by atoms with E-state index in [1.54, 1.807) is 0 Å². The van der Waals surface area contributed by atoms with Gasteiger partial charge in [0.05, 0.1) is 0 Å². The summed E-state index contributed by atoms with van der Waals surface area (Å²) in [5.41, 5.74) is 2.99. The first-order valence-corrected chi connectivity index (χ1v) is 6.66. The van der Waals surface area contributed by atoms with Crippen molar-refractivity contribution in [2.45, 2.75) is 53.5 Å². The molecule has 0 aliphatic carbocycles. The van der Waals surface area contributed by atoms with Crippen LogP contribution < -0.4 is 5.32 Å². The van der Waals surface area contributed by atoms with E-state index >= 15 is 0 Å². The van der Waals surface area contributed by atoms with Gasteiger partial charge in [0, 0.05) is 18.4 Å². The normalized spacial score (nSPS) is 13.7. The Kier molecular flexibility index (Phi) is 5.13. The van der Waals surface area contributed by atoms with Crippen LogP contribution in [-0.4, -0.2) is 11.5 Å². The predicted octanol–water partition coefficient (Wildman–Crippen LogP) is 3.73. The molecule has 96 valence electrons. The highest BCUT2D eigenvalue weighted by Crippen LogP contribution is 2.34. The Hall–Kier alpha value is -0.890. The average Bonchev–Trinajstić information content (AvgIpc) is 2.28. The Morgan fingerprint density at radius 2 is 2.00 bits per heavy atom. The topological polar surface area (TPSA) is 24.9 Å². The van der Waals surface area contributed by atoms with Crippen molar-refractivity contribution in [3.63, 3.8) is 0 Å². The first-order valence-electron chi connectivity index (χ1n) is 6.66. The van der Waals surface area contributed by atoms with Gasteiger partial charge < -0.3 is 5.32 Å². The quantitative estimate of drug-likeness (QED) is 0.839. The molecular formula is C15H26N2. The molecule has 1 unspecified atom stereocenters. The summed E-state index contributed by atoms with van der Waals surface area (Å²) in [4.78, 5) is 4.23. The third-order valence-corrected chi connectivity index (χ3v) is 3.10. The Labute approximate surface area is 106 Å². The third-order valence-electron chi connectivity index (χ3n) is 3.10. The van der Waals surface area contributed by atoms with E-state index in [1.807, 2.05) is 12.4 Å². The summed E-state index contributed by atoms with van der Waals surface area (Å²) in [6.45, 7) is 12.3. The molecule has 1 heterocycles. The number of aromatic nitrogens is 1. The molecular weight excluding hydrogens is 208 g/mol. The first-order chi connectivity index (χ1) is 8.00. The van der Waals surface area contributed by atoms with Crippen molar-refractivity contribution in [1.29, 1.82) is 0 Å². The number of hydrogen-bond acceptors (Lipinski definition) is 2. The van der Waals surface area contributed by atoms with Crippen LogP contribution in [0.5, 0.6) is 0 Å². The molecule has 1 aromatic heterocycles. The molecule has 0 saturated heterocycles. The molecule has 0 fully saturated rings. The van der Waals surface area contributed by atoms with Crippen LogP contribution in [0.4, 0.5) is 0 Å². The summed E-state index contributed by atoms with van der Waals surface area (Å²) in [5, 5.41) is 3.67. The lowest BCUT2D eigenvalue weighted by Crippen LogP contribution is -2.33. The standard InChI is InChI=1S/C15H26N2/c1-6-9-17-14(15(3,4)5)13-8-10-16-11-12(13)7-2/h8,10-11,14,17H,6-7,9H2,1-5H3. The maximum atomic E-state index is 4.23. The zero-order valence-corrected chi connectivity index (χ0v) is 11.9.